The number of carbonyl (C=O) groups is 2. The lowest BCUT2D eigenvalue weighted by atomic mass is 10.0. The van der Waals surface area contributed by atoms with Gasteiger partial charge < -0.3 is 15.0 Å². The zero-order valence-corrected chi connectivity index (χ0v) is 17.1. The third kappa shape index (κ3) is 4.59. The zero-order valence-electron chi connectivity index (χ0n) is 17.1. The maximum absolute atomic E-state index is 13.6. The van der Waals surface area contributed by atoms with E-state index < -0.39 is 11.0 Å². The van der Waals surface area contributed by atoms with Gasteiger partial charge in [-0.15, -0.1) is 0 Å². The lowest BCUT2D eigenvalue weighted by Crippen LogP contribution is -2.43. The second-order valence-corrected chi connectivity index (χ2v) is 7.25. The first-order chi connectivity index (χ1) is 14.4. The number of aryl methyl sites for hydroxylation is 1. The number of fused-ring (bicyclic) bond motifs is 1. The summed E-state index contributed by atoms with van der Waals surface area (Å²) >= 11 is 0. The first-order valence-corrected chi connectivity index (χ1v) is 10.00. The average molecular weight is 411 g/mol. The quantitative estimate of drug-likeness (QED) is 0.425. The van der Waals surface area contributed by atoms with Gasteiger partial charge in [-0.25, -0.2) is 0 Å². The van der Waals surface area contributed by atoms with Gasteiger partial charge in [-0.3, -0.25) is 19.7 Å². The Balaban J connectivity index is 1.98. The summed E-state index contributed by atoms with van der Waals surface area (Å²) in [4.78, 5) is 37.9. The molecule has 0 aliphatic carbocycles. The van der Waals surface area contributed by atoms with Crippen LogP contribution in [0.1, 0.15) is 43.4 Å². The van der Waals surface area contributed by atoms with E-state index in [1.165, 1.54) is 12.1 Å². The van der Waals surface area contributed by atoms with Gasteiger partial charge in [-0.2, -0.15) is 0 Å². The van der Waals surface area contributed by atoms with Crippen molar-refractivity contribution < 1.29 is 19.2 Å². The Bertz CT molecular complexity index is 942. The fourth-order valence-corrected chi connectivity index (χ4v) is 3.51. The lowest BCUT2D eigenvalue weighted by molar-refractivity contribution is -0.384. The molecule has 158 valence electrons. The number of non-ortho nitro benzene ring substituents is 1. The van der Waals surface area contributed by atoms with Gasteiger partial charge in [0, 0.05) is 29.9 Å². The first-order valence-electron chi connectivity index (χ1n) is 10.00. The Hall–Kier alpha value is -3.42. The number of hydrogen-bond donors (Lipinski definition) is 1. The SMILES string of the molecule is CCCCCN(C(=O)C1NC(=O)COc2c(C)cccc21)c1ccc([N+](=O)[O-])cc1. The normalized spacial score (nSPS) is 15.4. The van der Waals surface area contributed by atoms with Crippen molar-refractivity contribution in [2.45, 2.75) is 39.2 Å². The van der Waals surface area contributed by atoms with Gasteiger partial charge in [0.2, 0.25) is 0 Å². The predicted octanol–water partition coefficient (Wildman–Crippen LogP) is 3.68. The Morgan fingerprint density at radius 3 is 2.63 bits per heavy atom. The molecule has 0 fully saturated rings. The molecule has 2 aromatic carbocycles. The summed E-state index contributed by atoms with van der Waals surface area (Å²) in [6.45, 7) is 4.22. The minimum atomic E-state index is -0.897. The van der Waals surface area contributed by atoms with E-state index in [0.29, 0.717) is 23.5 Å². The highest BCUT2D eigenvalue weighted by Crippen LogP contribution is 2.33. The number of carbonyl (C=O) groups excluding carboxylic acids is 2. The molecule has 3 rings (SSSR count). The number of benzene rings is 2. The Kier molecular flexibility index (Phi) is 6.66. The van der Waals surface area contributed by atoms with Gasteiger partial charge in [0.15, 0.2) is 6.61 Å². The largest absolute Gasteiger partial charge is 0.483 e. The molecule has 8 nitrogen and oxygen atoms in total. The molecule has 0 aromatic heterocycles. The van der Waals surface area contributed by atoms with Crippen LogP contribution in [0.3, 0.4) is 0 Å². The molecule has 8 heteroatoms. The smallest absolute Gasteiger partial charge is 0.269 e. The van der Waals surface area contributed by atoms with E-state index in [9.17, 15) is 19.7 Å². The van der Waals surface area contributed by atoms with Crippen LogP contribution in [0.5, 0.6) is 5.75 Å². The van der Waals surface area contributed by atoms with Crippen LogP contribution in [0.15, 0.2) is 42.5 Å². The highest BCUT2D eigenvalue weighted by atomic mass is 16.6. The van der Waals surface area contributed by atoms with E-state index in [4.69, 9.17) is 4.74 Å². The fourth-order valence-electron chi connectivity index (χ4n) is 3.51. The standard InChI is InChI=1S/C22H25N3O5/c1-3-4-5-13-24(16-9-11-17(12-10-16)25(28)29)22(27)20-18-8-6-7-15(2)21(18)30-14-19(26)23-20/h6-12,20H,3-5,13-14H2,1-2H3,(H,23,26). The lowest BCUT2D eigenvalue weighted by Gasteiger charge is -2.28. The molecule has 1 aliphatic heterocycles. The van der Waals surface area contributed by atoms with Crippen molar-refractivity contribution in [3.05, 3.63) is 63.7 Å². The van der Waals surface area contributed by atoms with E-state index in [1.807, 2.05) is 19.1 Å². The van der Waals surface area contributed by atoms with E-state index in [1.54, 1.807) is 23.1 Å². The number of rotatable bonds is 7. The van der Waals surface area contributed by atoms with E-state index >= 15 is 0 Å². The highest BCUT2D eigenvalue weighted by Gasteiger charge is 2.33. The van der Waals surface area contributed by atoms with Crippen molar-refractivity contribution >= 4 is 23.2 Å². The number of ether oxygens (including phenoxy) is 1. The molecule has 0 saturated carbocycles. The molecule has 1 unspecified atom stereocenters. The van der Waals surface area contributed by atoms with Crippen molar-refractivity contribution in [2.75, 3.05) is 18.1 Å². The number of nitrogens with zero attached hydrogens (tertiary/aromatic N) is 2. The maximum atomic E-state index is 13.6. The number of nitrogens with one attached hydrogen (secondary N) is 1. The number of unbranched alkanes of at least 4 members (excludes halogenated alkanes) is 2. The van der Waals surface area contributed by atoms with Crippen molar-refractivity contribution in [1.29, 1.82) is 0 Å². The summed E-state index contributed by atoms with van der Waals surface area (Å²) in [7, 11) is 0. The molecule has 0 bridgehead atoms. The molecule has 1 heterocycles. The number of nitro groups is 1. The summed E-state index contributed by atoms with van der Waals surface area (Å²) in [5, 5.41) is 13.8. The van der Waals surface area contributed by atoms with Gasteiger partial charge in [0.25, 0.3) is 17.5 Å². The minimum absolute atomic E-state index is 0.0446. The van der Waals surface area contributed by atoms with Crippen LogP contribution in [0, 0.1) is 17.0 Å². The Labute approximate surface area is 175 Å². The maximum Gasteiger partial charge on any atom is 0.269 e. The Morgan fingerprint density at radius 1 is 1.23 bits per heavy atom. The van der Waals surface area contributed by atoms with Gasteiger partial charge >= 0.3 is 0 Å². The van der Waals surface area contributed by atoms with Crippen molar-refractivity contribution in [1.82, 2.24) is 5.32 Å². The Morgan fingerprint density at radius 2 is 1.97 bits per heavy atom. The van der Waals surface area contributed by atoms with Crippen molar-refractivity contribution in [3.63, 3.8) is 0 Å². The van der Waals surface area contributed by atoms with Crippen molar-refractivity contribution in [3.8, 4) is 5.75 Å². The van der Waals surface area contributed by atoms with Crippen LogP contribution in [-0.2, 0) is 9.59 Å². The molecule has 0 spiro atoms. The summed E-state index contributed by atoms with van der Waals surface area (Å²) in [6, 6.07) is 10.4. The van der Waals surface area contributed by atoms with Crippen molar-refractivity contribution in [2.24, 2.45) is 0 Å². The van der Waals surface area contributed by atoms with E-state index in [2.05, 4.69) is 12.2 Å². The van der Waals surface area contributed by atoms with Crippen LogP contribution in [-0.4, -0.2) is 29.9 Å². The van der Waals surface area contributed by atoms with Crippen LogP contribution < -0.4 is 15.0 Å². The molecule has 1 atom stereocenters. The van der Waals surface area contributed by atoms with E-state index in [-0.39, 0.29) is 24.1 Å². The summed E-state index contributed by atoms with van der Waals surface area (Å²) in [6.07, 6.45) is 2.70. The van der Waals surface area contributed by atoms with Gasteiger partial charge in [0.1, 0.15) is 11.8 Å². The second-order valence-electron chi connectivity index (χ2n) is 7.25. The van der Waals surface area contributed by atoms with Crippen LogP contribution >= 0.6 is 0 Å². The molecule has 2 amide bonds. The molecule has 2 aromatic rings. The molecule has 0 radical (unpaired) electrons. The third-order valence-corrected chi connectivity index (χ3v) is 5.08. The van der Waals surface area contributed by atoms with Crippen LogP contribution in [0.25, 0.3) is 0 Å². The van der Waals surface area contributed by atoms with Gasteiger partial charge in [-0.1, -0.05) is 38.0 Å². The minimum Gasteiger partial charge on any atom is -0.483 e. The van der Waals surface area contributed by atoms with Crippen LogP contribution in [0.2, 0.25) is 0 Å². The monoisotopic (exact) mass is 411 g/mol. The number of nitro benzene ring substituents is 1. The number of amides is 2. The van der Waals surface area contributed by atoms with E-state index in [0.717, 1.165) is 24.8 Å². The number of anilines is 1. The van der Waals surface area contributed by atoms with Gasteiger partial charge in [-0.05, 0) is 31.0 Å². The molecular weight excluding hydrogens is 386 g/mol. The zero-order chi connectivity index (χ0) is 21.7. The first kappa shape index (κ1) is 21.3. The number of para-hydroxylation sites is 1. The number of hydrogen-bond acceptors (Lipinski definition) is 5. The highest BCUT2D eigenvalue weighted by molar-refractivity contribution is 6.00. The summed E-state index contributed by atoms with van der Waals surface area (Å²) in [5.74, 6) is -0.141. The fraction of sp³-hybridized carbons (Fsp3) is 0.364. The molecular formula is C22H25N3O5. The summed E-state index contributed by atoms with van der Waals surface area (Å²) in [5.41, 5.74) is 1.95. The predicted molar refractivity (Wildman–Crippen MR) is 113 cm³/mol. The van der Waals surface area contributed by atoms with Crippen LogP contribution in [0.4, 0.5) is 11.4 Å². The molecule has 1 N–H and O–H groups in total. The molecule has 30 heavy (non-hydrogen) atoms. The summed E-state index contributed by atoms with van der Waals surface area (Å²) < 4.78 is 5.64. The molecule has 0 saturated heterocycles. The second kappa shape index (κ2) is 9.39. The topological polar surface area (TPSA) is 102 Å². The average Bonchev–Trinajstić information content (AvgIpc) is 2.91. The molecule has 1 aliphatic rings. The van der Waals surface area contributed by atoms with Gasteiger partial charge in [0.05, 0.1) is 4.92 Å². The third-order valence-electron chi connectivity index (χ3n) is 5.08.